The van der Waals surface area contributed by atoms with Gasteiger partial charge in [0.05, 0.1) is 11.3 Å². The van der Waals surface area contributed by atoms with Gasteiger partial charge in [-0.15, -0.1) is 10.2 Å². The summed E-state index contributed by atoms with van der Waals surface area (Å²) in [6.07, 6.45) is -3.93. The van der Waals surface area contributed by atoms with Gasteiger partial charge in [-0.3, -0.25) is 0 Å². The molecule has 10 heteroatoms. The van der Waals surface area contributed by atoms with Crippen LogP contribution in [0.1, 0.15) is 21.8 Å². The molecular formula is C19H12F3N5OS. The Bertz CT molecular complexity index is 1330. The van der Waals surface area contributed by atoms with E-state index in [0.29, 0.717) is 22.8 Å². The molecule has 0 spiro atoms. The zero-order chi connectivity index (χ0) is 20.2. The van der Waals surface area contributed by atoms with Crippen molar-refractivity contribution in [2.75, 3.05) is 0 Å². The summed E-state index contributed by atoms with van der Waals surface area (Å²) < 4.78 is 45.3. The molecule has 2 aromatic carbocycles. The Morgan fingerprint density at radius 2 is 1.86 bits per heavy atom. The van der Waals surface area contributed by atoms with Gasteiger partial charge < -0.3 is 4.52 Å². The first-order chi connectivity index (χ1) is 13.9. The molecule has 0 saturated heterocycles. The molecule has 6 nitrogen and oxygen atoms in total. The number of rotatable bonds is 3. The molecular weight excluding hydrogens is 403 g/mol. The third kappa shape index (κ3) is 3.05. The van der Waals surface area contributed by atoms with E-state index in [1.807, 2.05) is 25.1 Å². The molecule has 3 aromatic heterocycles. The SMILES string of the molecule is Cc1cccc2c(Cc3nn4c(-c5ccc(C(F)(F)F)cc5)nnc4s3)noc12. The maximum atomic E-state index is 12.8. The van der Waals surface area contributed by atoms with E-state index < -0.39 is 11.7 Å². The average molecular weight is 415 g/mol. The Balaban J connectivity index is 1.49. The minimum Gasteiger partial charge on any atom is -0.356 e. The molecule has 0 bridgehead atoms. The van der Waals surface area contributed by atoms with Gasteiger partial charge in [-0.1, -0.05) is 40.8 Å². The number of para-hydroxylation sites is 1. The van der Waals surface area contributed by atoms with Gasteiger partial charge in [-0.05, 0) is 30.7 Å². The molecule has 29 heavy (non-hydrogen) atoms. The third-order valence-electron chi connectivity index (χ3n) is 4.59. The maximum absolute atomic E-state index is 12.8. The molecule has 0 atom stereocenters. The predicted molar refractivity (Wildman–Crippen MR) is 101 cm³/mol. The normalized spacial score (nSPS) is 12.3. The fourth-order valence-electron chi connectivity index (χ4n) is 3.14. The second-order valence-electron chi connectivity index (χ2n) is 6.55. The third-order valence-corrected chi connectivity index (χ3v) is 5.49. The second kappa shape index (κ2) is 6.38. The molecule has 0 radical (unpaired) electrons. The largest absolute Gasteiger partial charge is 0.416 e. The van der Waals surface area contributed by atoms with Crippen molar-refractivity contribution in [1.82, 2.24) is 25.0 Å². The van der Waals surface area contributed by atoms with Crippen LogP contribution in [0.3, 0.4) is 0 Å². The van der Waals surface area contributed by atoms with Crippen LogP contribution in [-0.2, 0) is 12.6 Å². The van der Waals surface area contributed by atoms with E-state index in [9.17, 15) is 13.2 Å². The van der Waals surface area contributed by atoms with Crippen molar-refractivity contribution in [3.63, 3.8) is 0 Å². The summed E-state index contributed by atoms with van der Waals surface area (Å²) in [5.74, 6) is 0.386. The van der Waals surface area contributed by atoms with Crippen LogP contribution in [0.15, 0.2) is 47.0 Å². The summed E-state index contributed by atoms with van der Waals surface area (Å²) >= 11 is 1.35. The lowest BCUT2D eigenvalue weighted by molar-refractivity contribution is -0.137. The molecule has 5 aromatic rings. The number of aromatic nitrogens is 5. The number of hydrogen-bond acceptors (Lipinski definition) is 6. The quantitative estimate of drug-likeness (QED) is 0.419. The highest BCUT2D eigenvalue weighted by Gasteiger charge is 2.30. The van der Waals surface area contributed by atoms with Gasteiger partial charge in [0.25, 0.3) is 0 Å². The first-order valence-electron chi connectivity index (χ1n) is 8.63. The van der Waals surface area contributed by atoms with Crippen LogP contribution in [0.5, 0.6) is 0 Å². The van der Waals surface area contributed by atoms with Gasteiger partial charge in [0.15, 0.2) is 11.4 Å². The Labute approximate surface area is 165 Å². The standard InChI is InChI=1S/C19H12F3N5OS/c1-10-3-2-4-13-14(26-28-16(10)13)9-15-25-27-17(23-24-18(27)29-15)11-5-7-12(8-6-11)19(20,21)22/h2-8H,9H2,1H3. The Morgan fingerprint density at radius 1 is 1.07 bits per heavy atom. The molecule has 146 valence electrons. The highest BCUT2D eigenvalue weighted by molar-refractivity contribution is 7.16. The molecule has 0 aliphatic carbocycles. The van der Waals surface area contributed by atoms with E-state index in [0.717, 1.165) is 39.4 Å². The first kappa shape index (κ1) is 17.8. The maximum Gasteiger partial charge on any atom is 0.416 e. The number of halogens is 3. The zero-order valence-electron chi connectivity index (χ0n) is 14.9. The summed E-state index contributed by atoms with van der Waals surface area (Å²) in [4.78, 5) is 0.555. The molecule has 0 amide bonds. The Kier molecular flexibility index (Phi) is 3.91. The molecule has 0 saturated carbocycles. The molecule has 5 rings (SSSR count). The van der Waals surface area contributed by atoms with E-state index in [2.05, 4.69) is 20.5 Å². The van der Waals surface area contributed by atoms with Crippen molar-refractivity contribution in [1.29, 1.82) is 0 Å². The van der Waals surface area contributed by atoms with Gasteiger partial charge in [0, 0.05) is 17.4 Å². The molecule has 3 heterocycles. The van der Waals surface area contributed by atoms with E-state index in [-0.39, 0.29) is 0 Å². The Hall–Kier alpha value is -3.27. The predicted octanol–water partition coefficient (Wildman–Crippen LogP) is 4.91. The summed E-state index contributed by atoms with van der Waals surface area (Å²) in [5.41, 5.74) is 2.31. The summed E-state index contributed by atoms with van der Waals surface area (Å²) in [6, 6.07) is 10.6. The minimum absolute atomic E-state index is 0.386. The fourth-order valence-corrected chi connectivity index (χ4v) is 3.98. The number of aryl methyl sites for hydroxylation is 1. The lowest BCUT2D eigenvalue weighted by atomic mass is 10.1. The molecule has 0 aliphatic rings. The van der Waals surface area contributed by atoms with Crippen molar-refractivity contribution in [2.24, 2.45) is 0 Å². The van der Waals surface area contributed by atoms with Gasteiger partial charge >= 0.3 is 6.18 Å². The number of benzene rings is 2. The minimum atomic E-state index is -4.38. The van der Waals surface area contributed by atoms with Crippen molar-refractivity contribution < 1.29 is 17.7 Å². The second-order valence-corrected chi connectivity index (χ2v) is 7.59. The smallest absolute Gasteiger partial charge is 0.356 e. The number of hydrogen-bond donors (Lipinski definition) is 0. The average Bonchev–Trinajstić information content (AvgIpc) is 3.37. The zero-order valence-corrected chi connectivity index (χ0v) is 15.8. The van der Waals surface area contributed by atoms with E-state index >= 15 is 0 Å². The highest BCUT2D eigenvalue weighted by Crippen LogP contribution is 2.31. The molecule has 0 unspecified atom stereocenters. The van der Waals surface area contributed by atoms with E-state index in [4.69, 9.17) is 4.52 Å². The summed E-state index contributed by atoms with van der Waals surface area (Å²) in [5, 5.41) is 18.5. The van der Waals surface area contributed by atoms with Crippen LogP contribution >= 0.6 is 11.3 Å². The molecule has 0 aliphatic heterocycles. The monoisotopic (exact) mass is 415 g/mol. The summed E-state index contributed by atoms with van der Waals surface area (Å²) in [7, 11) is 0. The number of nitrogens with zero attached hydrogens (tertiary/aromatic N) is 5. The lowest BCUT2D eigenvalue weighted by Gasteiger charge is -2.06. The lowest BCUT2D eigenvalue weighted by Crippen LogP contribution is -2.04. The van der Waals surface area contributed by atoms with Crippen molar-refractivity contribution in [3.8, 4) is 11.4 Å². The van der Waals surface area contributed by atoms with Crippen LogP contribution in [0.2, 0.25) is 0 Å². The number of alkyl halides is 3. The van der Waals surface area contributed by atoms with Crippen LogP contribution in [-0.4, -0.2) is 25.0 Å². The van der Waals surface area contributed by atoms with Crippen LogP contribution in [0.4, 0.5) is 13.2 Å². The van der Waals surface area contributed by atoms with Crippen LogP contribution in [0, 0.1) is 6.92 Å². The van der Waals surface area contributed by atoms with Gasteiger partial charge in [0.1, 0.15) is 5.01 Å². The fraction of sp³-hybridized carbons (Fsp3) is 0.158. The van der Waals surface area contributed by atoms with E-state index in [1.54, 1.807) is 0 Å². The van der Waals surface area contributed by atoms with Crippen LogP contribution in [0.25, 0.3) is 27.3 Å². The van der Waals surface area contributed by atoms with Crippen molar-refractivity contribution in [3.05, 3.63) is 64.3 Å². The van der Waals surface area contributed by atoms with Crippen molar-refractivity contribution >= 4 is 27.3 Å². The van der Waals surface area contributed by atoms with E-state index in [1.165, 1.54) is 28.0 Å². The van der Waals surface area contributed by atoms with Gasteiger partial charge in [0.2, 0.25) is 4.96 Å². The molecule has 0 fully saturated rings. The van der Waals surface area contributed by atoms with Crippen LogP contribution < -0.4 is 0 Å². The van der Waals surface area contributed by atoms with Gasteiger partial charge in [-0.2, -0.15) is 22.8 Å². The van der Waals surface area contributed by atoms with Gasteiger partial charge in [-0.25, -0.2) is 0 Å². The topological polar surface area (TPSA) is 69.1 Å². The highest BCUT2D eigenvalue weighted by atomic mass is 32.1. The molecule has 0 N–H and O–H groups in total. The number of fused-ring (bicyclic) bond motifs is 2. The van der Waals surface area contributed by atoms with Crippen molar-refractivity contribution in [2.45, 2.75) is 19.5 Å². The summed E-state index contributed by atoms with van der Waals surface area (Å²) in [6.45, 7) is 1.96. The first-order valence-corrected chi connectivity index (χ1v) is 9.44. The Morgan fingerprint density at radius 3 is 2.62 bits per heavy atom.